The summed E-state index contributed by atoms with van der Waals surface area (Å²) in [5.41, 5.74) is 2.34. The lowest BCUT2D eigenvalue weighted by Crippen LogP contribution is -2.11. The van der Waals surface area contributed by atoms with Crippen LogP contribution in [0.3, 0.4) is 0 Å². The summed E-state index contributed by atoms with van der Waals surface area (Å²) in [6, 6.07) is 7.95. The number of halogens is 4. The standard InChI is InChI=1S/C18H18Br4O2/c1-3-11(9-5-13(19)17(23)14(20)6-9)12(4-2)10-7-15(21)18(24)16(22)8-10/h5-8,11-12,23-24H,3-4H2,1-2H3/t11-,12+. The summed E-state index contributed by atoms with van der Waals surface area (Å²) in [6.45, 7) is 4.35. The van der Waals surface area contributed by atoms with Crippen molar-refractivity contribution in [1.29, 1.82) is 0 Å². The van der Waals surface area contributed by atoms with Crippen molar-refractivity contribution in [3.8, 4) is 11.5 Å². The van der Waals surface area contributed by atoms with Crippen LogP contribution in [0.15, 0.2) is 42.2 Å². The number of phenolic OH excluding ortho intramolecular Hbond substituents is 2. The molecule has 0 heterocycles. The molecule has 0 aliphatic heterocycles. The lowest BCUT2D eigenvalue weighted by atomic mass is 9.78. The predicted molar refractivity (Wildman–Crippen MR) is 113 cm³/mol. The van der Waals surface area contributed by atoms with E-state index in [1.165, 1.54) is 11.1 Å². The van der Waals surface area contributed by atoms with Crippen LogP contribution in [0, 0.1) is 0 Å². The van der Waals surface area contributed by atoms with Crippen molar-refractivity contribution in [1.82, 2.24) is 0 Å². The minimum Gasteiger partial charge on any atom is -0.506 e. The summed E-state index contributed by atoms with van der Waals surface area (Å²) < 4.78 is 2.75. The normalized spacial score (nSPS) is 13.8. The van der Waals surface area contributed by atoms with E-state index in [2.05, 4.69) is 77.6 Å². The maximum atomic E-state index is 9.97. The Bertz CT molecular complexity index is 636. The molecule has 0 bridgehead atoms. The van der Waals surface area contributed by atoms with Gasteiger partial charge in [-0.2, -0.15) is 0 Å². The molecule has 24 heavy (non-hydrogen) atoms. The van der Waals surface area contributed by atoms with Gasteiger partial charge in [0.25, 0.3) is 0 Å². The molecule has 130 valence electrons. The van der Waals surface area contributed by atoms with E-state index in [1.54, 1.807) is 0 Å². The maximum absolute atomic E-state index is 9.97. The average Bonchev–Trinajstić information content (AvgIpc) is 2.54. The second-order valence-electron chi connectivity index (χ2n) is 5.70. The molecule has 2 atom stereocenters. The summed E-state index contributed by atoms with van der Waals surface area (Å²) in [4.78, 5) is 0. The van der Waals surface area contributed by atoms with Crippen molar-refractivity contribution in [2.45, 2.75) is 38.5 Å². The number of hydrogen-bond donors (Lipinski definition) is 2. The molecule has 0 spiro atoms. The van der Waals surface area contributed by atoms with E-state index in [1.807, 2.05) is 24.3 Å². The molecule has 2 aromatic rings. The molecule has 0 saturated heterocycles. The SMILES string of the molecule is CC[C@H](c1cc(Br)c(O)c(Br)c1)[C@@H](CC)c1cc(Br)c(O)c(Br)c1. The monoisotopic (exact) mass is 582 g/mol. The van der Waals surface area contributed by atoms with Crippen LogP contribution in [-0.2, 0) is 0 Å². The van der Waals surface area contributed by atoms with E-state index >= 15 is 0 Å². The molecule has 0 amide bonds. The van der Waals surface area contributed by atoms with Gasteiger partial charge in [-0.15, -0.1) is 0 Å². The zero-order valence-electron chi connectivity index (χ0n) is 13.3. The Hall–Kier alpha value is -0.0400. The fourth-order valence-corrected chi connectivity index (χ4v) is 5.55. The molecule has 2 aromatic carbocycles. The fraction of sp³-hybridized carbons (Fsp3) is 0.333. The Morgan fingerprint density at radius 2 is 0.917 bits per heavy atom. The quantitative estimate of drug-likeness (QED) is 0.375. The number of aromatic hydroxyl groups is 2. The van der Waals surface area contributed by atoms with E-state index in [0.717, 1.165) is 12.8 Å². The first-order valence-electron chi connectivity index (χ1n) is 7.65. The molecule has 0 radical (unpaired) electrons. The van der Waals surface area contributed by atoms with Gasteiger partial charge in [0, 0.05) is 0 Å². The topological polar surface area (TPSA) is 40.5 Å². The van der Waals surface area contributed by atoms with Crippen LogP contribution in [0.1, 0.15) is 49.7 Å². The summed E-state index contributed by atoms with van der Waals surface area (Å²) in [5.74, 6) is 1.03. The molecule has 0 aliphatic carbocycles. The van der Waals surface area contributed by atoms with Crippen LogP contribution in [0.25, 0.3) is 0 Å². The molecule has 0 aliphatic rings. The number of hydrogen-bond acceptors (Lipinski definition) is 2. The highest BCUT2D eigenvalue weighted by Gasteiger charge is 2.25. The van der Waals surface area contributed by atoms with Gasteiger partial charge < -0.3 is 10.2 Å². The van der Waals surface area contributed by atoms with Gasteiger partial charge in [0.1, 0.15) is 11.5 Å². The van der Waals surface area contributed by atoms with Crippen LogP contribution in [0.2, 0.25) is 0 Å². The highest BCUT2D eigenvalue weighted by atomic mass is 79.9. The highest BCUT2D eigenvalue weighted by molar-refractivity contribution is 9.11. The van der Waals surface area contributed by atoms with Crippen LogP contribution < -0.4 is 0 Å². The molecule has 2 N–H and O–H groups in total. The fourth-order valence-electron chi connectivity index (χ4n) is 3.10. The van der Waals surface area contributed by atoms with Crippen LogP contribution in [0.4, 0.5) is 0 Å². The van der Waals surface area contributed by atoms with E-state index in [-0.39, 0.29) is 11.5 Å². The lowest BCUT2D eigenvalue weighted by Gasteiger charge is -2.27. The van der Waals surface area contributed by atoms with Crippen molar-refractivity contribution in [3.05, 3.63) is 53.3 Å². The minimum atomic E-state index is 0.219. The molecule has 2 rings (SSSR count). The summed E-state index contributed by atoms with van der Waals surface area (Å²) in [5, 5.41) is 19.9. The Labute approximate surface area is 176 Å². The Morgan fingerprint density at radius 3 is 1.12 bits per heavy atom. The van der Waals surface area contributed by atoms with E-state index in [4.69, 9.17) is 0 Å². The van der Waals surface area contributed by atoms with Crippen LogP contribution in [0.5, 0.6) is 11.5 Å². The Morgan fingerprint density at radius 1 is 0.667 bits per heavy atom. The first-order chi connectivity index (χ1) is 11.3. The summed E-state index contributed by atoms with van der Waals surface area (Å²) in [6.07, 6.45) is 1.94. The average molecular weight is 586 g/mol. The lowest BCUT2D eigenvalue weighted by molar-refractivity contribution is 0.463. The third-order valence-electron chi connectivity index (χ3n) is 4.30. The first-order valence-corrected chi connectivity index (χ1v) is 10.8. The third-order valence-corrected chi connectivity index (χ3v) is 6.72. The third kappa shape index (κ3) is 4.19. The minimum absolute atomic E-state index is 0.219. The molecule has 0 aromatic heterocycles. The summed E-state index contributed by atoms with van der Waals surface area (Å²) >= 11 is 13.7. The highest BCUT2D eigenvalue weighted by Crippen LogP contribution is 2.45. The number of phenols is 2. The molecular weight excluding hydrogens is 568 g/mol. The van der Waals surface area contributed by atoms with Gasteiger partial charge in [0.05, 0.1) is 17.9 Å². The largest absolute Gasteiger partial charge is 0.506 e. The van der Waals surface area contributed by atoms with Crippen LogP contribution >= 0.6 is 63.7 Å². The molecule has 2 nitrogen and oxygen atoms in total. The Balaban J connectivity index is 2.51. The van der Waals surface area contributed by atoms with E-state index in [9.17, 15) is 10.2 Å². The second-order valence-corrected chi connectivity index (χ2v) is 9.11. The zero-order chi connectivity index (χ0) is 18.0. The first kappa shape index (κ1) is 20.3. The predicted octanol–water partition coefficient (Wildman–Crippen LogP) is 7.84. The summed E-state index contributed by atoms with van der Waals surface area (Å²) in [7, 11) is 0. The van der Waals surface area contributed by atoms with Gasteiger partial charge in [-0.25, -0.2) is 0 Å². The molecular formula is C18H18Br4O2. The van der Waals surface area contributed by atoms with Gasteiger partial charge in [-0.3, -0.25) is 0 Å². The van der Waals surface area contributed by atoms with Crippen LogP contribution in [-0.4, -0.2) is 10.2 Å². The molecule has 0 saturated carbocycles. The van der Waals surface area contributed by atoms with Gasteiger partial charge in [0.15, 0.2) is 0 Å². The maximum Gasteiger partial charge on any atom is 0.143 e. The second kappa shape index (κ2) is 8.56. The van der Waals surface area contributed by atoms with Crippen molar-refractivity contribution >= 4 is 63.7 Å². The molecule has 0 fully saturated rings. The van der Waals surface area contributed by atoms with E-state index < -0.39 is 0 Å². The molecule has 0 unspecified atom stereocenters. The van der Waals surface area contributed by atoms with Crippen molar-refractivity contribution in [3.63, 3.8) is 0 Å². The van der Waals surface area contributed by atoms with Crippen molar-refractivity contribution < 1.29 is 10.2 Å². The number of benzene rings is 2. The molecule has 6 heteroatoms. The smallest absolute Gasteiger partial charge is 0.143 e. The van der Waals surface area contributed by atoms with Crippen molar-refractivity contribution in [2.75, 3.05) is 0 Å². The van der Waals surface area contributed by atoms with Gasteiger partial charge in [-0.1, -0.05) is 13.8 Å². The van der Waals surface area contributed by atoms with Gasteiger partial charge >= 0.3 is 0 Å². The van der Waals surface area contributed by atoms with E-state index in [0.29, 0.717) is 29.7 Å². The van der Waals surface area contributed by atoms with Gasteiger partial charge in [0.2, 0.25) is 0 Å². The van der Waals surface area contributed by atoms with Crippen molar-refractivity contribution in [2.24, 2.45) is 0 Å². The Kier molecular flexibility index (Phi) is 7.23. The van der Waals surface area contributed by atoms with Gasteiger partial charge in [-0.05, 0) is 124 Å². The number of rotatable bonds is 5. The zero-order valence-corrected chi connectivity index (χ0v) is 19.6.